The van der Waals surface area contributed by atoms with E-state index in [1.165, 1.54) is 0 Å². The van der Waals surface area contributed by atoms with Crippen molar-refractivity contribution in [2.45, 2.75) is 0 Å². The predicted molar refractivity (Wildman–Crippen MR) is 93.5 cm³/mol. The summed E-state index contributed by atoms with van der Waals surface area (Å²) in [5, 5.41) is 3.20. The number of nitrogens with zero attached hydrogens (tertiary/aromatic N) is 3. The van der Waals surface area contributed by atoms with Crippen LogP contribution in [0.4, 0.5) is 11.5 Å². The van der Waals surface area contributed by atoms with E-state index in [1.807, 2.05) is 12.1 Å². The van der Waals surface area contributed by atoms with Crippen LogP contribution in [0.2, 0.25) is 5.02 Å². The van der Waals surface area contributed by atoms with E-state index in [-0.39, 0.29) is 5.91 Å². The van der Waals surface area contributed by atoms with Gasteiger partial charge in [0.2, 0.25) is 6.41 Å². The van der Waals surface area contributed by atoms with Crippen LogP contribution in [0.1, 0.15) is 10.4 Å². The number of amides is 2. The molecule has 0 radical (unpaired) electrons. The third-order valence-corrected chi connectivity index (χ3v) is 4.24. The Balaban J connectivity index is 1.64. The van der Waals surface area contributed by atoms with Gasteiger partial charge in [0.25, 0.3) is 5.91 Å². The van der Waals surface area contributed by atoms with Gasteiger partial charge in [-0.25, -0.2) is 4.98 Å². The Labute approximate surface area is 145 Å². The molecule has 2 heterocycles. The molecular weight excluding hydrogens is 328 g/mol. The molecule has 1 saturated heterocycles. The maximum absolute atomic E-state index is 12.2. The largest absolute Gasteiger partial charge is 0.353 e. The Morgan fingerprint density at radius 1 is 1.12 bits per heavy atom. The van der Waals surface area contributed by atoms with E-state index < -0.39 is 0 Å². The standard InChI is InChI=1S/C17H17ClN4O2/c18-15-4-2-1-3-14(15)17(24)20-13-5-6-16(19-11-13)22-9-7-21(12-23)8-10-22/h1-6,11-12H,7-10H2,(H,20,24). The zero-order valence-electron chi connectivity index (χ0n) is 13.0. The monoisotopic (exact) mass is 344 g/mol. The molecule has 1 aromatic carbocycles. The molecule has 1 fully saturated rings. The first-order chi connectivity index (χ1) is 11.7. The summed E-state index contributed by atoms with van der Waals surface area (Å²) in [6.07, 6.45) is 2.49. The molecule has 24 heavy (non-hydrogen) atoms. The number of rotatable bonds is 4. The van der Waals surface area contributed by atoms with Gasteiger partial charge in [0.15, 0.2) is 0 Å². The number of benzene rings is 1. The lowest BCUT2D eigenvalue weighted by Gasteiger charge is -2.33. The molecule has 124 valence electrons. The molecular formula is C17H17ClN4O2. The SMILES string of the molecule is O=CN1CCN(c2ccc(NC(=O)c3ccccc3Cl)cn2)CC1. The summed E-state index contributed by atoms with van der Waals surface area (Å²) in [5.41, 5.74) is 1.03. The van der Waals surface area contributed by atoms with Crippen LogP contribution in [0, 0.1) is 0 Å². The van der Waals surface area contributed by atoms with Crippen molar-refractivity contribution < 1.29 is 9.59 Å². The van der Waals surface area contributed by atoms with Crippen molar-refractivity contribution in [3.05, 3.63) is 53.2 Å². The fraction of sp³-hybridized carbons (Fsp3) is 0.235. The van der Waals surface area contributed by atoms with Gasteiger partial charge in [0.1, 0.15) is 5.82 Å². The van der Waals surface area contributed by atoms with Crippen LogP contribution >= 0.6 is 11.6 Å². The topological polar surface area (TPSA) is 65.5 Å². The van der Waals surface area contributed by atoms with Crippen LogP contribution in [-0.2, 0) is 4.79 Å². The molecule has 0 atom stereocenters. The Bertz CT molecular complexity index is 728. The molecule has 7 heteroatoms. The summed E-state index contributed by atoms with van der Waals surface area (Å²) in [5.74, 6) is 0.561. The normalized spacial score (nSPS) is 14.4. The van der Waals surface area contributed by atoms with Crippen molar-refractivity contribution >= 4 is 35.4 Å². The molecule has 3 rings (SSSR count). The van der Waals surface area contributed by atoms with Crippen LogP contribution in [0.25, 0.3) is 0 Å². The number of hydrogen-bond acceptors (Lipinski definition) is 4. The second-order valence-corrected chi connectivity index (χ2v) is 5.87. The molecule has 6 nitrogen and oxygen atoms in total. The second kappa shape index (κ2) is 7.31. The first kappa shape index (κ1) is 16.3. The van der Waals surface area contributed by atoms with Crippen molar-refractivity contribution in [2.24, 2.45) is 0 Å². The highest BCUT2D eigenvalue weighted by molar-refractivity contribution is 6.34. The number of piperazine rings is 1. The number of hydrogen-bond donors (Lipinski definition) is 1. The summed E-state index contributed by atoms with van der Waals surface area (Å²) in [4.78, 5) is 31.2. The molecule has 0 bridgehead atoms. The van der Waals surface area contributed by atoms with E-state index >= 15 is 0 Å². The van der Waals surface area contributed by atoms with E-state index in [0.717, 1.165) is 25.3 Å². The molecule has 0 aliphatic carbocycles. The maximum atomic E-state index is 12.2. The Morgan fingerprint density at radius 2 is 1.88 bits per heavy atom. The lowest BCUT2D eigenvalue weighted by Crippen LogP contribution is -2.46. The van der Waals surface area contributed by atoms with Gasteiger partial charge in [0, 0.05) is 26.2 Å². The zero-order chi connectivity index (χ0) is 16.9. The van der Waals surface area contributed by atoms with Crippen LogP contribution in [0.15, 0.2) is 42.6 Å². The predicted octanol–water partition coefficient (Wildman–Crippen LogP) is 2.27. The third kappa shape index (κ3) is 3.65. The molecule has 1 aliphatic rings. The van der Waals surface area contributed by atoms with E-state index in [1.54, 1.807) is 35.4 Å². The van der Waals surface area contributed by atoms with Crippen LogP contribution in [-0.4, -0.2) is 48.4 Å². The van der Waals surface area contributed by atoms with E-state index in [2.05, 4.69) is 15.2 Å². The summed E-state index contributed by atoms with van der Waals surface area (Å²) >= 11 is 6.02. The fourth-order valence-corrected chi connectivity index (χ4v) is 2.77. The molecule has 0 spiro atoms. The summed E-state index contributed by atoms with van der Waals surface area (Å²) in [6, 6.07) is 10.6. The van der Waals surface area contributed by atoms with Gasteiger partial charge in [-0.15, -0.1) is 0 Å². The van der Waals surface area contributed by atoms with Crippen LogP contribution < -0.4 is 10.2 Å². The lowest BCUT2D eigenvalue weighted by molar-refractivity contribution is -0.118. The summed E-state index contributed by atoms with van der Waals surface area (Å²) in [7, 11) is 0. The average molecular weight is 345 g/mol. The van der Waals surface area contributed by atoms with Crippen molar-refractivity contribution in [1.82, 2.24) is 9.88 Å². The highest BCUT2D eigenvalue weighted by Gasteiger charge is 2.17. The van der Waals surface area contributed by atoms with Crippen molar-refractivity contribution in [3.8, 4) is 0 Å². The van der Waals surface area contributed by atoms with E-state index in [4.69, 9.17) is 11.6 Å². The molecule has 0 saturated carbocycles. The van der Waals surface area contributed by atoms with Crippen molar-refractivity contribution in [2.75, 3.05) is 36.4 Å². The molecule has 1 aliphatic heterocycles. The fourth-order valence-electron chi connectivity index (χ4n) is 2.55. The van der Waals surface area contributed by atoms with Gasteiger partial charge in [-0.05, 0) is 24.3 Å². The minimum atomic E-state index is -0.269. The molecule has 2 amide bonds. The highest BCUT2D eigenvalue weighted by Crippen LogP contribution is 2.19. The Morgan fingerprint density at radius 3 is 2.50 bits per heavy atom. The first-order valence-electron chi connectivity index (χ1n) is 7.63. The minimum absolute atomic E-state index is 0.269. The first-order valence-corrected chi connectivity index (χ1v) is 8.01. The summed E-state index contributed by atoms with van der Waals surface area (Å²) in [6.45, 7) is 2.88. The molecule has 2 aromatic rings. The highest BCUT2D eigenvalue weighted by atomic mass is 35.5. The van der Waals surface area contributed by atoms with Crippen molar-refractivity contribution in [1.29, 1.82) is 0 Å². The second-order valence-electron chi connectivity index (χ2n) is 5.47. The lowest BCUT2D eigenvalue weighted by atomic mass is 10.2. The van der Waals surface area contributed by atoms with Gasteiger partial charge in [-0.2, -0.15) is 0 Å². The number of halogens is 1. The quantitative estimate of drug-likeness (QED) is 0.864. The number of carbonyl (C=O) groups is 2. The van der Waals surface area contributed by atoms with Crippen LogP contribution in [0.3, 0.4) is 0 Å². The van der Waals surface area contributed by atoms with E-state index in [0.29, 0.717) is 29.4 Å². The smallest absolute Gasteiger partial charge is 0.257 e. The number of carbonyl (C=O) groups excluding carboxylic acids is 2. The summed E-state index contributed by atoms with van der Waals surface area (Å²) < 4.78 is 0. The Kier molecular flexibility index (Phi) is 4.96. The number of pyridine rings is 1. The Hall–Kier alpha value is -2.60. The van der Waals surface area contributed by atoms with Gasteiger partial charge in [-0.3, -0.25) is 9.59 Å². The zero-order valence-corrected chi connectivity index (χ0v) is 13.7. The number of anilines is 2. The third-order valence-electron chi connectivity index (χ3n) is 3.91. The van der Waals surface area contributed by atoms with Crippen LogP contribution in [0.5, 0.6) is 0 Å². The van der Waals surface area contributed by atoms with Crippen molar-refractivity contribution in [3.63, 3.8) is 0 Å². The van der Waals surface area contributed by atoms with Gasteiger partial charge in [-0.1, -0.05) is 23.7 Å². The maximum Gasteiger partial charge on any atom is 0.257 e. The van der Waals surface area contributed by atoms with E-state index in [9.17, 15) is 9.59 Å². The minimum Gasteiger partial charge on any atom is -0.353 e. The number of aromatic nitrogens is 1. The van der Waals surface area contributed by atoms with Gasteiger partial charge in [0.05, 0.1) is 22.5 Å². The van der Waals surface area contributed by atoms with Gasteiger partial charge < -0.3 is 15.1 Å². The van der Waals surface area contributed by atoms with Gasteiger partial charge >= 0.3 is 0 Å². The molecule has 1 aromatic heterocycles. The molecule has 1 N–H and O–H groups in total. The average Bonchev–Trinajstić information content (AvgIpc) is 2.63. The number of nitrogens with one attached hydrogen (secondary N) is 1. The molecule has 0 unspecified atom stereocenters.